The first kappa shape index (κ1) is 15.5. The normalized spacial score (nSPS) is 17.2. The van der Waals surface area contributed by atoms with Crippen LogP contribution in [0.4, 0.5) is 0 Å². The Bertz CT molecular complexity index is 524. The molecule has 1 saturated heterocycles. The zero-order valence-electron chi connectivity index (χ0n) is 11.8. The van der Waals surface area contributed by atoms with Gasteiger partial charge in [0.05, 0.1) is 6.42 Å². The fourth-order valence-corrected chi connectivity index (χ4v) is 2.53. The van der Waals surface area contributed by atoms with Crippen LogP contribution in [-0.2, 0) is 27.3 Å². The fraction of sp³-hybridized carbons (Fsp3) is 0.467. The first-order valence-corrected chi connectivity index (χ1v) is 6.96. The minimum Gasteiger partial charge on any atom is -0.480 e. The standard InChI is InChI=1S/C15H20N2O4/c16-10-12-4-2-1-3-11(12)9-13(18)17-15(14(19)20)5-7-21-8-6-15/h1-4H,5-10,16H2,(H,17,18)(H,19,20). The van der Waals surface area contributed by atoms with Crippen LogP contribution in [0, 0.1) is 0 Å². The Kier molecular flexibility index (Phi) is 4.93. The Balaban J connectivity index is 2.07. The Morgan fingerprint density at radius 3 is 2.43 bits per heavy atom. The van der Waals surface area contributed by atoms with Gasteiger partial charge in [-0.15, -0.1) is 0 Å². The molecule has 1 fully saturated rings. The molecule has 21 heavy (non-hydrogen) atoms. The van der Waals surface area contributed by atoms with E-state index >= 15 is 0 Å². The maximum Gasteiger partial charge on any atom is 0.329 e. The molecule has 4 N–H and O–H groups in total. The summed E-state index contributed by atoms with van der Waals surface area (Å²) in [5.74, 6) is -1.31. The number of hydrogen-bond acceptors (Lipinski definition) is 4. The number of carbonyl (C=O) groups excluding carboxylic acids is 1. The van der Waals surface area contributed by atoms with Crippen LogP contribution in [0.15, 0.2) is 24.3 Å². The largest absolute Gasteiger partial charge is 0.480 e. The Hall–Kier alpha value is -1.92. The summed E-state index contributed by atoms with van der Waals surface area (Å²) in [5, 5.41) is 12.1. The maximum atomic E-state index is 12.2. The van der Waals surface area contributed by atoms with Crippen molar-refractivity contribution in [2.24, 2.45) is 5.73 Å². The second-order valence-corrected chi connectivity index (χ2v) is 5.20. The lowest BCUT2D eigenvalue weighted by Gasteiger charge is -2.34. The third kappa shape index (κ3) is 3.59. The number of amides is 1. The lowest BCUT2D eigenvalue weighted by molar-refractivity contribution is -0.152. The van der Waals surface area contributed by atoms with E-state index in [-0.39, 0.29) is 25.2 Å². The van der Waals surface area contributed by atoms with Gasteiger partial charge in [0.2, 0.25) is 5.91 Å². The van der Waals surface area contributed by atoms with Crippen molar-refractivity contribution in [3.8, 4) is 0 Å². The number of carbonyl (C=O) groups is 2. The minimum atomic E-state index is -1.22. The SMILES string of the molecule is NCc1ccccc1CC(=O)NC1(C(=O)O)CCOCC1. The first-order valence-electron chi connectivity index (χ1n) is 6.96. The van der Waals surface area contributed by atoms with Crippen molar-refractivity contribution in [2.45, 2.75) is 31.3 Å². The number of ether oxygens (including phenoxy) is 1. The molecule has 2 rings (SSSR count). The molecule has 1 aromatic rings. The highest BCUT2D eigenvalue weighted by Crippen LogP contribution is 2.21. The highest BCUT2D eigenvalue weighted by molar-refractivity contribution is 5.88. The molecule has 0 aliphatic carbocycles. The molecule has 114 valence electrons. The lowest BCUT2D eigenvalue weighted by atomic mass is 9.89. The van der Waals surface area contributed by atoms with Crippen molar-refractivity contribution in [3.05, 3.63) is 35.4 Å². The minimum absolute atomic E-state index is 0.128. The summed E-state index contributed by atoms with van der Waals surface area (Å²) in [6.45, 7) is 1.03. The molecule has 1 aromatic carbocycles. The van der Waals surface area contributed by atoms with Gasteiger partial charge in [0.1, 0.15) is 5.54 Å². The van der Waals surface area contributed by atoms with Gasteiger partial charge in [-0.2, -0.15) is 0 Å². The summed E-state index contributed by atoms with van der Waals surface area (Å²) < 4.78 is 5.18. The van der Waals surface area contributed by atoms with E-state index in [4.69, 9.17) is 10.5 Å². The van der Waals surface area contributed by atoms with E-state index in [0.29, 0.717) is 19.8 Å². The van der Waals surface area contributed by atoms with Gasteiger partial charge in [-0.3, -0.25) is 4.79 Å². The molecular formula is C15H20N2O4. The summed E-state index contributed by atoms with van der Waals surface area (Å²) in [6, 6.07) is 7.40. The molecule has 0 aromatic heterocycles. The average Bonchev–Trinajstić information content (AvgIpc) is 2.48. The van der Waals surface area contributed by atoms with E-state index in [2.05, 4.69) is 5.32 Å². The van der Waals surface area contributed by atoms with Crippen molar-refractivity contribution in [3.63, 3.8) is 0 Å². The number of aliphatic carboxylic acids is 1. The summed E-state index contributed by atoms with van der Waals surface area (Å²) in [4.78, 5) is 23.7. The molecule has 0 radical (unpaired) electrons. The smallest absolute Gasteiger partial charge is 0.329 e. The van der Waals surface area contributed by atoms with Crippen LogP contribution >= 0.6 is 0 Å². The van der Waals surface area contributed by atoms with Crippen molar-refractivity contribution in [1.82, 2.24) is 5.32 Å². The molecule has 1 aliphatic heterocycles. The Labute approximate surface area is 123 Å². The van der Waals surface area contributed by atoms with Gasteiger partial charge in [-0.1, -0.05) is 24.3 Å². The molecule has 0 unspecified atom stereocenters. The van der Waals surface area contributed by atoms with Crippen molar-refractivity contribution >= 4 is 11.9 Å². The topological polar surface area (TPSA) is 102 Å². The molecular weight excluding hydrogens is 272 g/mol. The molecule has 0 spiro atoms. The predicted octanol–water partition coefficient (Wildman–Crippen LogP) is 0.438. The average molecular weight is 292 g/mol. The van der Waals surface area contributed by atoms with Crippen LogP contribution in [0.3, 0.4) is 0 Å². The van der Waals surface area contributed by atoms with Gasteiger partial charge in [0.15, 0.2) is 0 Å². The van der Waals surface area contributed by atoms with Crippen LogP contribution in [-0.4, -0.2) is 35.7 Å². The summed E-state index contributed by atoms with van der Waals surface area (Å²) in [5.41, 5.74) is 6.14. The van der Waals surface area contributed by atoms with Crippen LogP contribution in [0.2, 0.25) is 0 Å². The molecule has 6 nitrogen and oxygen atoms in total. The number of nitrogens with two attached hydrogens (primary N) is 1. The van der Waals surface area contributed by atoms with Crippen LogP contribution in [0.1, 0.15) is 24.0 Å². The fourth-order valence-electron chi connectivity index (χ4n) is 2.53. The Morgan fingerprint density at radius 2 is 1.86 bits per heavy atom. The predicted molar refractivity (Wildman–Crippen MR) is 76.6 cm³/mol. The molecule has 6 heteroatoms. The number of carboxylic acid groups (broad SMARTS) is 1. The number of benzene rings is 1. The Morgan fingerprint density at radius 1 is 1.24 bits per heavy atom. The van der Waals surface area contributed by atoms with Crippen LogP contribution in [0.5, 0.6) is 0 Å². The van der Waals surface area contributed by atoms with E-state index in [0.717, 1.165) is 11.1 Å². The van der Waals surface area contributed by atoms with Gasteiger partial charge >= 0.3 is 5.97 Å². The third-order valence-corrected chi connectivity index (χ3v) is 3.82. The van der Waals surface area contributed by atoms with Crippen molar-refractivity contribution < 1.29 is 19.4 Å². The van der Waals surface area contributed by atoms with Gasteiger partial charge in [-0.25, -0.2) is 4.79 Å². The van der Waals surface area contributed by atoms with E-state index in [1.54, 1.807) is 0 Å². The highest BCUT2D eigenvalue weighted by Gasteiger charge is 2.41. The number of carboxylic acids is 1. The zero-order valence-corrected chi connectivity index (χ0v) is 11.8. The first-order chi connectivity index (χ1) is 10.1. The zero-order chi connectivity index (χ0) is 15.3. The third-order valence-electron chi connectivity index (χ3n) is 3.82. The second kappa shape index (κ2) is 6.69. The van der Waals surface area contributed by atoms with E-state index in [1.807, 2.05) is 24.3 Å². The summed E-state index contributed by atoms with van der Waals surface area (Å²) in [7, 11) is 0. The van der Waals surface area contributed by atoms with Crippen LogP contribution < -0.4 is 11.1 Å². The lowest BCUT2D eigenvalue weighted by Crippen LogP contribution is -2.57. The van der Waals surface area contributed by atoms with E-state index in [1.165, 1.54) is 0 Å². The highest BCUT2D eigenvalue weighted by atomic mass is 16.5. The second-order valence-electron chi connectivity index (χ2n) is 5.20. The molecule has 0 bridgehead atoms. The van der Waals surface area contributed by atoms with E-state index in [9.17, 15) is 14.7 Å². The van der Waals surface area contributed by atoms with Crippen LogP contribution in [0.25, 0.3) is 0 Å². The van der Waals surface area contributed by atoms with Crippen molar-refractivity contribution in [1.29, 1.82) is 0 Å². The molecule has 0 atom stereocenters. The summed E-state index contributed by atoms with van der Waals surface area (Å²) in [6.07, 6.45) is 0.697. The van der Waals surface area contributed by atoms with E-state index < -0.39 is 11.5 Å². The maximum absolute atomic E-state index is 12.2. The molecule has 1 heterocycles. The number of rotatable bonds is 5. The van der Waals surface area contributed by atoms with Gasteiger partial charge in [0, 0.05) is 32.6 Å². The van der Waals surface area contributed by atoms with Crippen molar-refractivity contribution in [2.75, 3.05) is 13.2 Å². The van der Waals surface area contributed by atoms with Gasteiger partial charge in [-0.05, 0) is 11.1 Å². The van der Waals surface area contributed by atoms with Gasteiger partial charge < -0.3 is 20.9 Å². The monoisotopic (exact) mass is 292 g/mol. The molecule has 0 saturated carbocycles. The summed E-state index contributed by atoms with van der Waals surface area (Å²) >= 11 is 0. The molecule has 1 amide bonds. The van der Waals surface area contributed by atoms with Gasteiger partial charge in [0.25, 0.3) is 0 Å². The number of hydrogen-bond donors (Lipinski definition) is 3. The quantitative estimate of drug-likeness (QED) is 0.731. The molecule has 1 aliphatic rings. The number of nitrogens with one attached hydrogen (secondary N) is 1.